The van der Waals surface area contributed by atoms with Crippen LogP contribution in [-0.4, -0.2) is 24.0 Å². The van der Waals surface area contributed by atoms with E-state index in [1.54, 1.807) is 20.1 Å². The summed E-state index contributed by atoms with van der Waals surface area (Å²) in [5.41, 5.74) is 1.18. The van der Waals surface area contributed by atoms with Gasteiger partial charge in [0.25, 0.3) is 5.69 Å². The first-order valence-corrected chi connectivity index (χ1v) is 6.96. The molecule has 1 amide bonds. The van der Waals surface area contributed by atoms with E-state index in [0.717, 1.165) is 0 Å². The molecule has 23 heavy (non-hydrogen) atoms. The van der Waals surface area contributed by atoms with Crippen LogP contribution in [0.3, 0.4) is 0 Å². The van der Waals surface area contributed by atoms with E-state index in [2.05, 4.69) is 10.6 Å². The summed E-state index contributed by atoms with van der Waals surface area (Å²) in [6, 6.07) is 12.4. The van der Waals surface area contributed by atoms with Gasteiger partial charge in [-0.3, -0.25) is 14.9 Å². The summed E-state index contributed by atoms with van der Waals surface area (Å²) in [5.74, 6) is 0.382. The molecule has 1 unspecified atom stereocenters. The number of non-ortho nitro benzene ring substituents is 1. The summed E-state index contributed by atoms with van der Waals surface area (Å²) >= 11 is 0. The van der Waals surface area contributed by atoms with Crippen molar-refractivity contribution >= 4 is 23.0 Å². The van der Waals surface area contributed by atoms with Crippen LogP contribution in [0.2, 0.25) is 0 Å². The number of amides is 1. The summed E-state index contributed by atoms with van der Waals surface area (Å²) in [6.07, 6.45) is 0. The van der Waals surface area contributed by atoms with Gasteiger partial charge in [0.15, 0.2) is 0 Å². The Kier molecular flexibility index (Phi) is 5.14. The SMILES string of the molecule is COc1ccccc1NC(C)C(=O)Nc1ccc([N+](=O)[O-])cc1. The fraction of sp³-hybridized carbons (Fsp3) is 0.188. The van der Waals surface area contributed by atoms with Crippen molar-refractivity contribution in [2.24, 2.45) is 0 Å². The standard InChI is InChI=1S/C16H17N3O4/c1-11(17-14-5-3-4-6-15(14)23-2)16(20)18-12-7-9-13(10-8-12)19(21)22/h3-11,17H,1-2H3,(H,18,20). The minimum Gasteiger partial charge on any atom is -0.495 e. The molecule has 0 fully saturated rings. The summed E-state index contributed by atoms with van der Waals surface area (Å²) < 4.78 is 5.22. The first-order chi connectivity index (χ1) is 11.0. The number of carbonyl (C=O) groups is 1. The topological polar surface area (TPSA) is 93.5 Å². The quantitative estimate of drug-likeness (QED) is 0.631. The van der Waals surface area contributed by atoms with Gasteiger partial charge < -0.3 is 15.4 Å². The highest BCUT2D eigenvalue weighted by molar-refractivity contribution is 5.96. The number of para-hydroxylation sites is 2. The summed E-state index contributed by atoms with van der Waals surface area (Å²) in [6.45, 7) is 1.72. The zero-order chi connectivity index (χ0) is 16.8. The highest BCUT2D eigenvalue weighted by Crippen LogP contribution is 2.24. The molecule has 7 heteroatoms. The van der Waals surface area contributed by atoms with Crippen molar-refractivity contribution in [3.05, 3.63) is 58.6 Å². The van der Waals surface area contributed by atoms with E-state index in [1.807, 2.05) is 18.2 Å². The van der Waals surface area contributed by atoms with Crippen LogP contribution < -0.4 is 15.4 Å². The molecule has 0 aliphatic rings. The molecule has 2 aromatic carbocycles. The number of anilines is 2. The third kappa shape index (κ3) is 4.19. The molecule has 0 saturated carbocycles. The summed E-state index contributed by atoms with van der Waals surface area (Å²) in [7, 11) is 1.56. The van der Waals surface area contributed by atoms with Gasteiger partial charge in [-0.1, -0.05) is 12.1 Å². The molecule has 2 aromatic rings. The molecule has 0 radical (unpaired) electrons. The second kappa shape index (κ2) is 7.26. The van der Waals surface area contributed by atoms with Gasteiger partial charge in [-0.2, -0.15) is 0 Å². The smallest absolute Gasteiger partial charge is 0.269 e. The Bertz CT molecular complexity index is 701. The van der Waals surface area contributed by atoms with Crippen molar-refractivity contribution in [2.75, 3.05) is 17.7 Å². The lowest BCUT2D eigenvalue weighted by molar-refractivity contribution is -0.384. The van der Waals surface area contributed by atoms with E-state index in [4.69, 9.17) is 4.74 Å². The monoisotopic (exact) mass is 315 g/mol. The number of benzene rings is 2. The van der Waals surface area contributed by atoms with Crippen LogP contribution in [-0.2, 0) is 4.79 Å². The summed E-state index contributed by atoms with van der Waals surface area (Å²) in [5, 5.41) is 16.4. The van der Waals surface area contributed by atoms with Gasteiger partial charge >= 0.3 is 0 Å². The Labute approximate surface area is 133 Å². The van der Waals surface area contributed by atoms with Crippen LogP contribution in [0.25, 0.3) is 0 Å². The Morgan fingerprint density at radius 1 is 1.17 bits per heavy atom. The maximum Gasteiger partial charge on any atom is 0.269 e. The second-order valence-electron chi connectivity index (χ2n) is 4.86. The molecule has 0 aliphatic heterocycles. The molecular formula is C16H17N3O4. The Balaban J connectivity index is 2.01. The Hall–Kier alpha value is -3.09. The minimum atomic E-state index is -0.513. The van der Waals surface area contributed by atoms with Gasteiger partial charge in [0.2, 0.25) is 5.91 Å². The number of ether oxygens (including phenoxy) is 1. The van der Waals surface area contributed by atoms with E-state index < -0.39 is 11.0 Å². The minimum absolute atomic E-state index is 0.0248. The number of hydrogen-bond acceptors (Lipinski definition) is 5. The van der Waals surface area contributed by atoms with Crippen LogP contribution >= 0.6 is 0 Å². The maximum atomic E-state index is 12.2. The van der Waals surface area contributed by atoms with Gasteiger partial charge in [0.05, 0.1) is 17.7 Å². The molecule has 1 atom stereocenters. The van der Waals surface area contributed by atoms with E-state index in [0.29, 0.717) is 17.1 Å². The highest BCUT2D eigenvalue weighted by atomic mass is 16.6. The second-order valence-corrected chi connectivity index (χ2v) is 4.86. The molecule has 0 spiro atoms. The normalized spacial score (nSPS) is 11.4. The van der Waals surface area contributed by atoms with Gasteiger partial charge in [0.1, 0.15) is 11.8 Å². The van der Waals surface area contributed by atoms with Crippen LogP contribution in [0, 0.1) is 10.1 Å². The molecule has 7 nitrogen and oxygen atoms in total. The lowest BCUT2D eigenvalue weighted by Crippen LogP contribution is -2.32. The van der Waals surface area contributed by atoms with Crippen molar-refractivity contribution in [3.8, 4) is 5.75 Å². The Morgan fingerprint density at radius 2 is 1.83 bits per heavy atom. The van der Waals surface area contributed by atoms with Gasteiger partial charge in [0, 0.05) is 17.8 Å². The summed E-state index contributed by atoms with van der Waals surface area (Å²) in [4.78, 5) is 22.3. The van der Waals surface area contributed by atoms with E-state index in [9.17, 15) is 14.9 Å². The van der Waals surface area contributed by atoms with Crippen LogP contribution in [0.1, 0.15) is 6.92 Å². The number of nitrogens with one attached hydrogen (secondary N) is 2. The van der Waals surface area contributed by atoms with Crippen LogP contribution in [0.5, 0.6) is 5.75 Å². The third-order valence-corrected chi connectivity index (χ3v) is 3.22. The number of nitrogens with zero attached hydrogens (tertiary/aromatic N) is 1. The van der Waals surface area contributed by atoms with Crippen molar-refractivity contribution in [2.45, 2.75) is 13.0 Å². The molecule has 0 bridgehead atoms. The zero-order valence-corrected chi connectivity index (χ0v) is 12.8. The van der Waals surface area contributed by atoms with Crippen molar-refractivity contribution in [1.29, 1.82) is 0 Å². The highest BCUT2D eigenvalue weighted by Gasteiger charge is 2.15. The molecule has 2 rings (SSSR count). The number of rotatable bonds is 6. The number of methoxy groups -OCH3 is 1. The predicted molar refractivity (Wildman–Crippen MR) is 87.8 cm³/mol. The molecular weight excluding hydrogens is 298 g/mol. The first-order valence-electron chi connectivity index (χ1n) is 6.96. The van der Waals surface area contributed by atoms with E-state index in [-0.39, 0.29) is 11.6 Å². The van der Waals surface area contributed by atoms with Gasteiger partial charge in [-0.15, -0.1) is 0 Å². The molecule has 120 valence electrons. The van der Waals surface area contributed by atoms with Crippen molar-refractivity contribution in [1.82, 2.24) is 0 Å². The maximum absolute atomic E-state index is 12.2. The largest absolute Gasteiger partial charge is 0.495 e. The number of hydrogen-bond donors (Lipinski definition) is 2. The average molecular weight is 315 g/mol. The van der Waals surface area contributed by atoms with E-state index >= 15 is 0 Å². The van der Waals surface area contributed by atoms with Crippen molar-refractivity contribution in [3.63, 3.8) is 0 Å². The lowest BCUT2D eigenvalue weighted by Gasteiger charge is -2.17. The van der Waals surface area contributed by atoms with Crippen molar-refractivity contribution < 1.29 is 14.5 Å². The molecule has 2 N–H and O–H groups in total. The van der Waals surface area contributed by atoms with Gasteiger partial charge in [-0.05, 0) is 31.2 Å². The molecule has 0 aliphatic carbocycles. The molecule has 0 saturated heterocycles. The first kappa shape index (κ1) is 16.3. The number of nitro benzene ring substituents is 1. The van der Waals surface area contributed by atoms with Crippen LogP contribution in [0.15, 0.2) is 48.5 Å². The fourth-order valence-corrected chi connectivity index (χ4v) is 1.98. The average Bonchev–Trinajstić information content (AvgIpc) is 2.55. The Morgan fingerprint density at radius 3 is 2.43 bits per heavy atom. The lowest BCUT2D eigenvalue weighted by atomic mass is 10.2. The molecule has 0 aromatic heterocycles. The molecule has 0 heterocycles. The number of nitro groups is 1. The predicted octanol–water partition coefficient (Wildman–Crippen LogP) is 3.04. The van der Waals surface area contributed by atoms with Gasteiger partial charge in [-0.25, -0.2) is 0 Å². The fourth-order valence-electron chi connectivity index (χ4n) is 1.98. The zero-order valence-electron chi connectivity index (χ0n) is 12.8. The van der Waals surface area contributed by atoms with E-state index in [1.165, 1.54) is 24.3 Å². The number of carbonyl (C=O) groups excluding carboxylic acids is 1. The van der Waals surface area contributed by atoms with Crippen LogP contribution in [0.4, 0.5) is 17.1 Å². The third-order valence-electron chi connectivity index (χ3n) is 3.22.